The number of amides is 4. The molecule has 1 unspecified atom stereocenters. The summed E-state index contributed by atoms with van der Waals surface area (Å²) in [5, 5.41) is 11.1. The maximum atomic E-state index is 13.7. The van der Waals surface area contributed by atoms with Crippen LogP contribution in [-0.2, 0) is 36.6 Å². The Morgan fingerprint density at radius 2 is 1.63 bits per heavy atom. The van der Waals surface area contributed by atoms with Crippen molar-refractivity contribution in [3.05, 3.63) is 53.7 Å². The Bertz CT molecular complexity index is 1380. The van der Waals surface area contributed by atoms with Gasteiger partial charge in [-0.25, -0.2) is 19.4 Å². The minimum Gasteiger partial charge on any atom is -0.494 e. The lowest BCUT2D eigenvalue weighted by molar-refractivity contribution is -0.157. The highest BCUT2D eigenvalue weighted by Crippen LogP contribution is 2.17. The largest absolute Gasteiger partial charge is 0.494 e. The summed E-state index contributed by atoms with van der Waals surface area (Å²) in [5.74, 6) is 0.0142. The number of ether oxygens (including phenoxy) is 4. The lowest BCUT2D eigenvalue weighted by Gasteiger charge is -2.27. The molecular formula is C36H53N5O8. The van der Waals surface area contributed by atoms with Crippen molar-refractivity contribution in [2.24, 2.45) is 5.92 Å². The van der Waals surface area contributed by atoms with E-state index in [1.807, 2.05) is 38.1 Å². The monoisotopic (exact) mass is 683 g/mol. The summed E-state index contributed by atoms with van der Waals surface area (Å²) in [6.45, 7) is 15.9. The summed E-state index contributed by atoms with van der Waals surface area (Å²) >= 11 is 0. The third kappa shape index (κ3) is 14.7. The van der Waals surface area contributed by atoms with Crippen molar-refractivity contribution in [3.63, 3.8) is 0 Å². The van der Waals surface area contributed by atoms with E-state index in [4.69, 9.17) is 18.9 Å². The molecule has 270 valence electrons. The number of urea groups is 1. The first-order valence-corrected chi connectivity index (χ1v) is 16.8. The zero-order valence-corrected chi connectivity index (χ0v) is 30.0. The van der Waals surface area contributed by atoms with Crippen LogP contribution in [0.1, 0.15) is 79.4 Å². The van der Waals surface area contributed by atoms with Crippen LogP contribution in [0.4, 0.5) is 15.4 Å². The number of esters is 1. The Hall–Kier alpha value is -4.39. The van der Waals surface area contributed by atoms with E-state index in [0.29, 0.717) is 31.1 Å². The van der Waals surface area contributed by atoms with Crippen molar-refractivity contribution in [1.82, 2.24) is 20.9 Å². The number of nitrogens with one attached hydrogen (secondary N) is 4. The molecule has 4 rings (SSSR count). The van der Waals surface area contributed by atoms with E-state index >= 15 is 0 Å². The van der Waals surface area contributed by atoms with Gasteiger partial charge < -0.3 is 34.9 Å². The number of hydrogen-bond donors (Lipinski definition) is 4. The molecule has 4 amide bonds. The number of fused-ring (bicyclic) bond motifs is 13. The van der Waals surface area contributed by atoms with Crippen molar-refractivity contribution < 1.29 is 38.1 Å². The van der Waals surface area contributed by atoms with E-state index in [0.717, 1.165) is 18.4 Å². The minimum atomic E-state index is -1.12. The molecule has 3 heterocycles. The fourth-order valence-corrected chi connectivity index (χ4v) is 4.74. The molecule has 13 heteroatoms. The molecule has 0 radical (unpaired) electrons. The molecule has 0 saturated heterocycles. The van der Waals surface area contributed by atoms with Gasteiger partial charge in [-0.1, -0.05) is 32.0 Å². The lowest BCUT2D eigenvalue weighted by Crippen LogP contribution is -2.57. The molecule has 13 nitrogen and oxygen atoms in total. The van der Waals surface area contributed by atoms with E-state index in [9.17, 15) is 19.2 Å². The van der Waals surface area contributed by atoms with E-state index in [1.54, 1.807) is 53.7 Å². The number of nitrogens with zero attached hydrogens (tertiary/aromatic N) is 1. The normalized spacial score (nSPS) is 18.4. The SMILES string of the molecule is CC(C)[C@H]1COCCCCOc2ccc(cc2)C[C@@H](NC(=O)NC(Cc2ccc(NC(=O)OC(C)(C)C)nc2)C(=O)OC(C)(C)C)C(=O)N1. The molecule has 1 aromatic heterocycles. The third-order valence-corrected chi connectivity index (χ3v) is 7.26. The van der Waals surface area contributed by atoms with Gasteiger partial charge >= 0.3 is 18.1 Å². The van der Waals surface area contributed by atoms with Crippen molar-refractivity contribution >= 4 is 29.8 Å². The average Bonchev–Trinajstić information content (AvgIpc) is 2.98. The zero-order chi connectivity index (χ0) is 36.2. The predicted octanol–water partition coefficient (Wildman–Crippen LogP) is 4.92. The highest BCUT2D eigenvalue weighted by molar-refractivity contribution is 5.89. The molecule has 2 aliphatic rings. The minimum absolute atomic E-state index is 0.0349. The average molecular weight is 684 g/mol. The van der Waals surface area contributed by atoms with Gasteiger partial charge in [-0.3, -0.25) is 10.1 Å². The van der Waals surface area contributed by atoms with Gasteiger partial charge in [0, 0.05) is 25.6 Å². The molecule has 49 heavy (non-hydrogen) atoms. The summed E-state index contributed by atoms with van der Waals surface area (Å²) in [5.41, 5.74) is -0.0887. The molecule has 0 fully saturated rings. The van der Waals surface area contributed by atoms with Crippen LogP contribution in [0.5, 0.6) is 5.75 Å². The molecule has 0 saturated carbocycles. The van der Waals surface area contributed by atoms with Gasteiger partial charge in [0.05, 0.1) is 19.3 Å². The number of hydrogen-bond acceptors (Lipinski definition) is 9. The van der Waals surface area contributed by atoms with Gasteiger partial charge in [0.25, 0.3) is 0 Å². The summed E-state index contributed by atoms with van der Waals surface area (Å²) in [6, 6.07) is 7.56. The Kier molecular flexibility index (Phi) is 14.2. The number of rotatable bonds is 7. The Balaban J connectivity index is 1.79. The van der Waals surface area contributed by atoms with Gasteiger partial charge in [-0.05, 0) is 89.6 Å². The first-order chi connectivity index (χ1) is 23.0. The van der Waals surface area contributed by atoms with Crippen LogP contribution >= 0.6 is 0 Å². The molecular weight excluding hydrogens is 630 g/mol. The zero-order valence-electron chi connectivity index (χ0n) is 30.0. The molecule has 3 atom stereocenters. The van der Waals surface area contributed by atoms with Crippen LogP contribution in [0.15, 0.2) is 42.6 Å². The smallest absolute Gasteiger partial charge is 0.413 e. The Morgan fingerprint density at radius 1 is 0.959 bits per heavy atom. The van der Waals surface area contributed by atoms with Crippen LogP contribution in [-0.4, -0.2) is 78.1 Å². The maximum Gasteiger partial charge on any atom is 0.413 e. The number of anilines is 1. The Labute approximate surface area is 289 Å². The number of carbonyl (C=O) groups is 4. The van der Waals surface area contributed by atoms with Gasteiger partial charge in [0.1, 0.15) is 34.9 Å². The fourth-order valence-electron chi connectivity index (χ4n) is 4.74. The number of benzene rings is 1. The van der Waals surface area contributed by atoms with Gasteiger partial charge in [0.2, 0.25) is 5.91 Å². The molecule has 2 bridgehead atoms. The van der Waals surface area contributed by atoms with Crippen LogP contribution < -0.4 is 26.0 Å². The highest BCUT2D eigenvalue weighted by Gasteiger charge is 2.30. The third-order valence-electron chi connectivity index (χ3n) is 7.26. The topological polar surface area (TPSA) is 166 Å². The van der Waals surface area contributed by atoms with Crippen LogP contribution in [0.2, 0.25) is 0 Å². The van der Waals surface area contributed by atoms with Crippen LogP contribution in [0.25, 0.3) is 0 Å². The fraction of sp³-hybridized carbons (Fsp3) is 0.583. The van der Waals surface area contributed by atoms with E-state index < -0.39 is 41.4 Å². The van der Waals surface area contributed by atoms with Crippen molar-refractivity contribution in [1.29, 1.82) is 0 Å². The molecule has 1 aromatic carbocycles. The standard InChI is InChI=1S/C36H53N5O8/c1-23(2)29-22-46-17-9-10-18-47-26-14-11-24(12-15-26)19-27(31(42)38-29)39-33(44)40-28(32(43)48-35(3,4)5)20-25-13-16-30(37-21-25)41-34(45)49-36(6,7)8/h11-16,21,23,27-29H,9-10,17-20,22H2,1-8H3,(H,38,42)(H,37,41,45)(H2,39,40,44)/t27-,28?,29-/m1/s1. The molecule has 4 N–H and O–H groups in total. The van der Waals surface area contributed by atoms with Gasteiger partial charge in [0.15, 0.2) is 0 Å². The summed E-state index contributed by atoms with van der Waals surface area (Å²) in [4.78, 5) is 56.9. The molecule has 2 aromatic rings. The highest BCUT2D eigenvalue weighted by atomic mass is 16.6. The van der Waals surface area contributed by atoms with Crippen molar-refractivity contribution in [2.75, 3.05) is 25.1 Å². The first-order valence-electron chi connectivity index (χ1n) is 16.8. The second-order valence-electron chi connectivity index (χ2n) is 14.5. The van der Waals surface area contributed by atoms with E-state index in [1.165, 1.54) is 6.20 Å². The van der Waals surface area contributed by atoms with Gasteiger partial charge in [-0.2, -0.15) is 0 Å². The van der Waals surface area contributed by atoms with Gasteiger partial charge in [-0.15, -0.1) is 0 Å². The number of aromatic nitrogens is 1. The number of pyridine rings is 1. The summed E-state index contributed by atoms with van der Waals surface area (Å²) in [6.07, 6.45) is 2.73. The number of carbonyl (C=O) groups excluding carboxylic acids is 4. The van der Waals surface area contributed by atoms with Crippen LogP contribution in [0.3, 0.4) is 0 Å². The molecule has 2 aliphatic heterocycles. The quantitative estimate of drug-likeness (QED) is 0.296. The first kappa shape index (κ1) is 39.1. The van der Waals surface area contributed by atoms with Crippen molar-refractivity contribution in [3.8, 4) is 5.75 Å². The second kappa shape index (κ2) is 17.8. The molecule has 0 spiro atoms. The summed E-state index contributed by atoms with van der Waals surface area (Å²) < 4.78 is 22.6. The predicted molar refractivity (Wildman–Crippen MR) is 185 cm³/mol. The summed E-state index contributed by atoms with van der Waals surface area (Å²) in [7, 11) is 0. The van der Waals surface area contributed by atoms with E-state index in [-0.39, 0.29) is 36.5 Å². The lowest BCUT2D eigenvalue weighted by atomic mass is 10.0. The second-order valence-corrected chi connectivity index (χ2v) is 14.5. The Morgan fingerprint density at radius 3 is 2.24 bits per heavy atom. The molecule has 0 aliphatic carbocycles. The van der Waals surface area contributed by atoms with Crippen molar-refractivity contribution in [2.45, 2.75) is 110 Å². The van der Waals surface area contributed by atoms with E-state index in [2.05, 4.69) is 26.3 Å². The van der Waals surface area contributed by atoms with Crippen LogP contribution in [0, 0.1) is 5.92 Å². The maximum absolute atomic E-state index is 13.7.